The smallest absolute Gasteiger partial charge is 0.324 e. The molecule has 3 heteroatoms. The Hall–Kier alpha value is -1.35. The number of esters is 1. The molecule has 0 N–H and O–H groups in total. The lowest BCUT2D eigenvalue weighted by molar-refractivity contribution is -0.171. The molecule has 2 atom stereocenters. The van der Waals surface area contributed by atoms with Crippen molar-refractivity contribution in [1.29, 1.82) is 0 Å². The number of hydrogen-bond donors (Lipinski definition) is 0. The number of hydrogen-bond acceptors (Lipinski definition) is 3. The molecule has 0 aromatic heterocycles. The Morgan fingerprint density at radius 2 is 1.95 bits per heavy atom. The van der Waals surface area contributed by atoms with Crippen LogP contribution < -0.4 is 0 Å². The van der Waals surface area contributed by atoms with E-state index in [0.29, 0.717) is 5.92 Å². The van der Waals surface area contributed by atoms with Gasteiger partial charge in [-0.2, -0.15) is 0 Å². The van der Waals surface area contributed by atoms with Crippen molar-refractivity contribution in [3.05, 3.63) is 35.9 Å². The van der Waals surface area contributed by atoms with Crippen LogP contribution in [0.5, 0.6) is 0 Å². The van der Waals surface area contributed by atoms with Crippen LogP contribution in [0.25, 0.3) is 0 Å². The maximum Gasteiger partial charge on any atom is 0.324 e. The van der Waals surface area contributed by atoms with Crippen LogP contribution in [-0.2, 0) is 16.1 Å². The minimum absolute atomic E-state index is 0.0952. The van der Waals surface area contributed by atoms with Gasteiger partial charge in [0.15, 0.2) is 0 Å². The van der Waals surface area contributed by atoms with Gasteiger partial charge in [0.1, 0.15) is 11.6 Å². The summed E-state index contributed by atoms with van der Waals surface area (Å²) in [6.07, 6.45) is 0. The number of ether oxygens (including phenoxy) is 1. The Bertz CT molecular complexity index is 436. The minimum atomic E-state index is -0.412. The summed E-state index contributed by atoms with van der Waals surface area (Å²) in [4.78, 5) is 14.4. The molecule has 1 saturated heterocycles. The standard InChI is InChI=1S/C16H23NO2/c1-12-10-17(11-13-8-6-5-7-9-13)14(12)15(18)19-16(2,3)4/h5-9,12,14H,10-11H2,1-4H3/t12-,14-/m1/s1. The van der Waals surface area contributed by atoms with E-state index in [1.165, 1.54) is 5.56 Å². The second kappa shape index (κ2) is 5.33. The Morgan fingerprint density at radius 1 is 1.32 bits per heavy atom. The van der Waals surface area contributed by atoms with E-state index in [2.05, 4.69) is 24.0 Å². The molecule has 1 aromatic carbocycles. The van der Waals surface area contributed by atoms with E-state index in [1.807, 2.05) is 39.0 Å². The van der Waals surface area contributed by atoms with Gasteiger partial charge in [-0.25, -0.2) is 0 Å². The summed E-state index contributed by atoms with van der Waals surface area (Å²) in [5, 5.41) is 0. The van der Waals surface area contributed by atoms with Gasteiger partial charge >= 0.3 is 5.97 Å². The van der Waals surface area contributed by atoms with E-state index >= 15 is 0 Å². The van der Waals surface area contributed by atoms with Crippen LogP contribution in [0.2, 0.25) is 0 Å². The lowest BCUT2D eigenvalue weighted by Crippen LogP contribution is -2.59. The summed E-state index contributed by atoms with van der Waals surface area (Å²) >= 11 is 0. The van der Waals surface area contributed by atoms with Crippen molar-refractivity contribution in [1.82, 2.24) is 4.90 Å². The second-order valence-electron chi connectivity index (χ2n) is 6.37. The Morgan fingerprint density at radius 3 is 2.47 bits per heavy atom. The molecule has 0 amide bonds. The largest absolute Gasteiger partial charge is 0.459 e. The molecule has 1 fully saturated rings. The van der Waals surface area contributed by atoms with Crippen LogP contribution in [0, 0.1) is 5.92 Å². The van der Waals surface area contributed by atoms with Gasteiger partial charge in [-0.05, 0) is 32.3 Å². The summed E-state index contributed by atoms with van der Waals surface area (Å²) in [5.74, 6) is 0.278. The van der Waals surface area contributed by atoms with Crippen LogP contribution in [0.3, 0.4) is 0 Å². The molecule has 0 radical (unpaired) electrons. The summed E-state index contributed by atoms with van der Waals surface area (Å²) in [6, 6.07) is 10.2. The summed E-state index contributed by atoms with van der Waals surface area (Å²) < 4.78 is 5.50. The third kappa shape index (κ3) is 3.57. The highest BCUT2D eigenvalue weighted by Gasteiger charge is 2.43. The van der Waals surface area contributed by atoms with E-state index < -0.39 is 5.60 Å². The zero-order chi connectivity index (χ0) is 14.0. The normalized spacial score (nSPS) is 23.8. The van der Waals surface area contributed by atoms with Crippen LogP contribution in [0.15, 0.2) is 30.3 Å². The van der Waals surface area contributed by atoms with Gasteiger partial charge < -0.3 is 4.74 Å². The first-order chi connectivity index (χ1) is 8.87. The quantitative estimate of drug-likeness (QED) is 0.784. The fraction of sp³-hybridized carbons (Fsp3) is 0.562. The van der Waals surface area contributed by atoms with Crippen molar-refractivity contribution in [3.8, 4) is 0 Å². The predicted molar refractivity (Wildman–Crippen MR) is 75.6 cm³/mol. The molecule has 19 heavy (non-hydrogen) atoms. The maximum atomic E-state index is 12.2. The van der Waals surface area contributed by atoms with Gasteiger partial charge in [-0.1, -0.05) is 37.3 Å². The lowest BCUT2D eigenvalue weighted by Gasteiger charge is -2.45. The number of carbonyl (C=O) groups is 1. The first-order valence-electron chi connectivity index (χ1n) is 6.87. The monoisotopic (exact) mass is 261 g/mol. The number of benzene rings is 1. The van der Waals surface area contributed by atoms with Gasteiger partial charge in [0.2, 0.25) is 0 Å². The minimum Gasteiger partial charge on any atom is -0.459 e. The highest BCUT2D eigenvalue weighted by Crippen LogP contribution is 2.28. The first kappa shape index (κ1) is 14.1. The lowest BCUT2D eigenvalue weighted by atomic mass is 9.89. The molecule has 0 bridgehead atoms. The van der Waals surface area contributed by atoms with Crippen LogP contribution >= 0.6 is 0 Å². The third-order valence-corrected chi connectivity index (χ3v) is 3.33. The zero-order valence-corrected chi connectivity index (χ0v) is 12.2. The molecular formula is C16H23NO2. The van der Waals surface area contributed by atoms with Crippen molar-refractivity contribution in [2.75, 3.05) is 6.54 Å². The summed E-state index contributed by atoms with van der Waals surface area (Å²) in [6.45, 7) is 9.62. The highest BCUT2D eigenvalue weighted by molar-refractivity contribution is 5.77. The summed E-state index contributed by atoms with van der Waals surface area (Å²) in [5.41, 5.74) is 0.827. The first-order valence-corrected chi connectivity index (χ1v) is 6.87. The summed E-state index contributed by atoms with van der Waals surface area (Å²) in [7, 11) is 0. The topological polar surface area (TPSA) is 29.5 Å². The highest BCUT2D eigenvalue weighted by atomic mass is 16.6. The average molecular weight is 261 g/mol. The number of likely N-dealkylation sites (tertiary alicyclic amines) is 1. The van der Waals surface area contributed by atoms with Gasteiger partial charge in [0.05, 0.1) is 0 Å². The van der Waals surface area contributed by atoms with Crippen molar-refractivity contribution in [2.45, 2.75) is 45.9 Å². The zero-order valence-electron chi connectivity index (χ0n) is 12.2. The van der Waals surface area contributed by atoms with Crippen molar-refractivity contribution < 1.29 is 9.53 Å². The van der Waals surface area contributed by atoms with Gasteiger partial charge in [0, 0.05) is 13.1 Å². The molecule has 2 rings (SSSR count). The van der Waals surface area contributed by atoms with E-state index in [-0.39, 0.29) is 12.0 Å². The predicted octanol–water partition coefficient (Wildman–Crippen LogP) is 2.85. The van der Waals surface area contributed by atoms with Gasteiger partial charge in [0.25, 0.3) is 0 Å². The van der Waals surface area contributed by atoms with Crippen molar-refractivity contribution >= 4 is 5.97 Å². The van der Waals surface area contributed by atoms with Gasteiger partial charge in [-0.15, -0.1) is 0 Å². The fourth-order valence-corrected chi connectivity index (χ4v) is 2.53. The van der Waals surface area contributed by atoms with Gasteiger partial charge in [-0.3, -0.25) is 9.69 Å². The molecular weight excluding hydrogens is 238 g/mol. The maximum absolute atomic E-state index is 12.2. The third-order valence-electron chi connectivity index (χ3n) is 3.33. The van der Waals surface area contributed by atoms with Crippen LogP contribution in [0.1, 0.15) is 33.3 Å². The van der Waals surface area contributed by atoms with E-state index in [4.69, 9.17) is 4.74 Å². The van der Waals surface area contributed by atoms with Crippen molar-refractivity contribution in [3.63, 3.8) is 0 Å². The second-order valence-corrected chi connectivity index (χ2v) is 6.37. The number of carbonyl (C=O) groups excluding carboxylic acids is 1. The number of nitrogens with zero attached hydrogens (tertiary/aromatic N) is 1. The molecule has 1 aliphatic rings. The molecule has 0 saturated carbocycles. The fourth-order valence-electron chi connectivity index (χ4n) is 2.53. The average Bonchev–Trinajstić information content (AvgIpc) is 2.26. The van der Waals surface area contributed by atoms with Crippen molar-refractivity contribution in [2.24, 2.45) is 5.92 Å². The molecule has 1 heterocycles. The molecule has 0 aliphatic carbocycles. The number of rotatable bonds is 3. The van der Waals surface area contributed by atoms with Crippen LogP contribution in [0.4, 0.5) is 0 Å². The van der Waals surface area contributed by atoms with E-state index in [1.54, 1.807) is 0 Å². The molecule has 1 aliphatic heterocycles. The molecule has 3 nitrogen and oxygen atoms in total. The molecule has 1 aromatic rings. The van der Waals surface area contributed by atoms with E-state index in [9.17, 15) is 4.79 Å². The Kier molecular flexibility index (Phi) is 3.95. The van der Waals surface area contributed by atoms with E-state index in [0.717, 1.165) is 13.1 Å². The Balaban J connectivity index is 1.98. The molecule has 104 valence electrons. The van der Waals surface area contributed by atoms with Crippen LogP contribution in [-0.4, -0.2) is 29.1 Å². The molecule has 0 unspecified atom stereocenters. The molecule has 0 spiro atoms. The SMILES string of the molecule is C[C@@H]1CN(Cc2ccccc2)[C@H]1C(=O)OC(C)(C)C. The Labute approximate surface area is 115 Å².